The second-order valence-corrected chi connectivity index (χ2v) is 17.9. The molecule has 0 radical (unpaired) electrons. The van der Waals surface area contributed by atoms with Crippen molar-refractivity contribution in [1.29, 1.82) is 0 Å². The Kier molecular flexibility index (Phi) is 27.1. The summed E-state index contributed by atoms with van der Waals surface area (Å²) in [6.45, 7) is 6.13. The van der Waals surface area contributed by atoms with Gasteiger partial charge < -0.3 is 51.6 Å². The van der Waals surface area contributed by atoms with Gasteiger partial charge in [-0.25, -0.2) is 0 Å². The van der Waals surface area contributed by atoms with E-state index >= 15 is 0 Å². The van der Waals surface area contributed by atoms with Crippen LogP contribution in [0.5, 0.6) is 5.75 Å². The summed E-state index contributed by atoms with van der Waals surface area (Å²) in [6, 6.07) is 24.2. The van der Waals surface area contributed by atoms with Crippen molar-refractivity contribution >= 4 is 49.0 Å². The molecule has 0 aliphatic rings. The molecule has 0 aliphatic carbocycles. The van der Waals surface area contributed by atoms with Gasteiger partial charge >= 0.3 is 12.4 Å². The smallest absolute Gasteiger partial charge is 0.416 e. The van der Waals surface area contributed by atoms with E-state index in [1.54, 1.807) is 55.5 Å². The number of aromatic nitrogens is 1. The number of anilines is 1. The highest BCUT2D eigenvalue weighted by Gasteiger charge is 2.32. The Morgan fingerprint density at radius 2 is 1.27 bits per heavy atom. The van der Waals surface area contributed by atoms with Gasteiger partial charge in [0.1, 0.15) is 30.3 Å². The van der Waals surface area contributed by atoms with Crippen molar-refractivity contribution in [3.8, 4) is 11.4 Å². The molecule has 4 aromatic carbocycles. The number of pyridine rings is 1. The molecule has 0 aliphatic heterocycles. The Bertz CT molecular complexity index is 2800. The molecule has 418 valence electrons. The van der Waals surface area contributed by atoms with Crippen molar-refractivity contribution in [2.45, 2.75) is 61.9 Å². The molecule has 0 unspecified atom stereocenters. The topological polar surface area (TPSA) is 215 Å². The van der Waals surface area contributed by atoms with Gasteiger partial charge in [-0.3, -0.25) is 23.7 Å². The van der Waals surface area contributed by atoms with Gasteiger partial charge in [-0.15, -0.1) is 25.3 Å². The third-order valence-corrected chi connectivity index (χ3v) is 11.7. The van der Waals surface area contributed by atoms with E-state index in [0.717, 1.165) is 88.8 Å². The van der Waals surface area contributed by atoms with Gasteiger partial charge in [0.15, 0.2) is 6.29 Å². The number of aliphatic hydroxyl groups is 2. The number of halogens is 6. The van der Waals surface area contributed by atoms with Crippen LogP contribution in [0.25, 0.3) is 5.69 Å². The number of aliphatic hydroxyl groups excluding tert-OH is 2. The Hall–Kier alpha value is -6.60. The van der Waals surface area contributed by atoms with E-state index in [-0.39, 0.29) is 79.2 Å². The number of ether oxygens (including phenoxy) is 2. The average Bonchev–Trinajstić information content (AvgIpc) is 3.41. The summed E-state index contributed by atoms with van der Waals surface area (Å²) in [7, 11) is 3.62. The van der Waals surface area contributed by atoms with Crippen LogP contribution in [-0.4, -0.2) is 104 Å². The number of nitrogens with zero attached hydrogens (tertiary/aromatic N) is 3. The first-order valence-electron chi connectivity index (χ1n) is 23.9. The molecule has 5 rings (SSSR count). The number of carbonyl (C=O) groups is 3. The quantitative estimate of drug-likeness (QED) is 0.00467. The average molecular weight is 1120 g/mol. The fourth-order valence-corrected chi connectivity index (χ4v) is 7.15. The van der Waals surface area contributed by atoms with Crippen molar-refractivity contribution in [2.75, 3.05) is 71.6 Å². The van der Waals surface area contributed by atoms with Gasteiger partial charge in [0.05, 0.1) is 41.3 Å². The fraction of sp³-hybridized carbons (Fsp3) is 0.333. The Balaban J connectivity index is 0.000000344. The van der Waals surface area contributed by atoms with E-state index in [1.165, 1.54) is 55.3 Å². The Labute approximate surface area is 454 Å². The monoisotopic (exact) mass is 1120 g/mol. The van der Waals surface area contributed by atoms with Crippen molar-refractivity contribution in [2.24, 2.45) is 11.5 Å². The minimum atomic E-state index is -4.61. The zero-order chi connectivity index (χ0) is 57.3. The van der Waals surface area contributed by atoms with Crippen molar-refractivity contribution in [3.05, 3.63) is 170 Å². The normalized spacial score (nSPS) is 11.8. The summed E-state index contributed by atoms with van der Waals surface area (Å²) < 4.78 is 90.9. The van der Waals surface area contributed by atoms with Crippen molar-refractivity contribution in [3.63, 3.8) is 0 Å². The molecule has 0 atom stereocenters. The molecule has 15 nitrogen and oxygen atoms in total. The number of aldehydes is 1. The highest BCUT2D eigenvalue weighted by atomic mass is 32.1. The second-order valence-electron chi connectivity index (χ2n) is 16.9. The lowest BCUT2D eigenvalue weighted by atomic mass is 10.1. The highest BCUT2D eigenvalue weighted by molar-refractivity contribution is 7.80. The summed E-state index contributed by atoms with van der Waals surface area (Å²) in [4.78, 5) is 55.4. The standard InChI is InChI=1S/C24H25F3N2O4S.C23H21F3N2O4S.C7H19N3/c1-16(29(2)20-5-3-4-19(13-20)24(25,26)27)22(33-11-10-30)12-18(15-31)23(32)28-14-17-6-8-21(34)9-7-17;1-14-20(32-10-9-29)12-19(21(30)27-13-15-5-7-18(33)8-6-15)22(31)28(14)17-4-2-3-16(11-17)23(24,25)26;1-10(6-2-4-8)7-3-5-9/h3-9,12-13,15,30,34H,10-11,14H2,1-2H3,(H,28,32);2-8,11-12,29,33H,9-10,13H2,1H3,(H,27,30);2-9H2,1H3/b18-12+,22-16+;;. The maximum atomic E-state index is 13.2. The molecular weight excluding hydrogens is 1050 g/mol. The van der Waals surface area contributed by atoms with Crippen molar-refractivity contribution in [1.82, 2.24) is 20.1 Å². The van der Waals surface area contributed by atoms with Gasteiger partial charge in [0.2, 0.25) is 0 Å². The van der Waals surface area contributed by atoms with E-state index in [0.29, 0.717) is 12.0 Å². The molecule has 1 aromatic heterocycles. The minimum Gasteiger partial charge on any atom is -0.489 e. The van der Waals surface area contributed by atoms with Gasteiger partial charge in [0, 0.05) is 47.4 Å². The van der Waals surface area contributed by atoms with E-state index in [2.05, 4.69) is 47.8 Å². The summed E-state index contributed by atoms with van der Waals surface area (Å²) in [6.07, 6.45) is -5.41. The van der Waals surface area contributed by atoms with Crippen LogP contribution in [0.1, 0.15) is 58.1 Å². The summed E-state index contributed by atoms with van der Waals surface area (Å²) >= 11 is 8.39. The number of hydrogen-bond donors (Lipinski definition) is 8. The number of nitrogens with one attached hydrogen (secondary N) is 2. The van der Waals surface area contributed by atoms with Gasteiger partial charge in [-0.1, -0.05) is 36.4 Å². The summed E-state index contributed by atoms with van der Waals surface area (Å²) in [5.74, 6) is -1.25. The number of nitrogens with two attached hydrogens (primary N) is 2. The third-order valence-electron chi connectivity index (χ3n) is 11.1. The second kappa shape index (κ2) is 32.2. The lowest BCUT2D eigenvalue weighted by Crippen LogP contribution is -2.33. The van der Waals surface area contributed by atoms with Crippen LogP contribution in [0.15, 0.2) is 141 Å². The first-order chi connectivity index (χ1) is 36.5. The van der Waals surface area contributed by atoms with Gasteiger partial charge in [-0.05, 0) is 138 Å². The van der Waals surface area contributed by atoms with E-state index in [4.69, 9.17) is 31.2 Å². The fourth-order valence-electron chi connectivity index (χ4n) is 6.85. The molecular formula is C54H65F6N7O8S2. The van der Waals surface area contributed by atoms with Crippen LogP contribution in [0, 0.1) is 6.92 Å². The largest absolute Gasteiger partial charge is 0.489 e. The predicted molar refractivity (Wildman–Crippen MR) is 289 cm³/mol. The van der Waals surface area contributed by atoms with Crippen LogP contribution in [0.3, 0.4) is 0 Å². The molecule has 2 amide bonds. The third kappa shape index (κ3) is 21.4. The highest BCUT2D eigenvalue weighted by Crippen LogP contribution is 2.33. The zero-order valence-corrected chi connectivity index (χ0v) is 44.7. The molecule has 77 heavy (non-hydrogen) atoms. The maximum Gasteiger partial charge on any atom is 0.416 e. The lowest BCUT2D eigenvalue weighted by Gasteiger charge is -2.23. The minimum absolute atomic E-state index is 0.0469. The zero-order valence-electron chi connectivity index (χ0n) is 43.0. The van der Waals surface area contributed by atoms with Crippen LogP contribution in [-0.2, 0) is 39.8 Å². The SMILES string of the molecule is C/C(=C(/C=C(\C=O)C(=O)NCc1ccc(S)cc1)OCCO)N(C)c1cccc(C(F)(F)F)c1.CN(CCCN)CCCN.Cc1c(OCCO)cc(C(=O)NCc2ccc(S)cc2)c(=O)n1-c1cccc(C(F)(F)F)c1. The van der Waals surface area contributed by atoms with E-state index < -0.39 is 40.9 Å². The number of thiol groups is 2. The van der Waals surface area contributed by atoms with Gasteiger partial charge in [-0.2, -0.15) is 26.3 Å². The van der Waals surface area contributed by atoms with Gasteiger partial charge in [0.25, 0.3) is 17.4 Å². The number of rotatable bonds is 23. The van der Waals surface area contributed by atoms with Crippen LogP contribution in [0.2, 0.25) is 0 Å². The number of amides is 2. The first kappa shape index (κ1) is 64.7. The van der Waals surface area contributed by atoms with Crippen LogP contribution in [0.4, 0.5) is 32.0 Å². The number of carbonyl (C=O) groups excluding carboxylic acids is 3. The predicted octanol–water partition coefficient (Wildman–Crippen LogP) is 7.48. The molecule has 8 N–H and O–H groups in total. The Morgan fingerprint density at radius 1 is 0.753 bits per heavy atom. The van der Waals surface area contributed by atoms with Crippen LogP contribution >= 0.6 is 25.3 Å². The first-order valence-corrected chi connectivity index (χ1v) is 24.8. The molecule has 0 saturated carbocycles. The van der Waals surface area contributed by atoms with Crippen LogP contribution < -0.4 is 37.3 Å². The van der Waals surface area contributed by atoms with E-state index in [1.807, 2.05) is 0 Å². The lowest BCUT2D eigenvalue weighted by molar-refractivity contribution is -0.138. The molecule has 1 heterocycles. The molecule has 23 heteroatoms. The number of alkyl halides is 6. The number of allylic oxidation sites excluding steroid dienone is 2. The number of hydrogen-bond acceptors (Lipinski definition) is 14. The summed E-state index contributed by atoms with van der Waals surface area (Å²) in [5, 5.41) is 23.5. The maximum absolute atomic E-state index is 13.2. The molecule has 0 fully saturated rings. The molecule has 0 bridgehead atoms. The van der Waals surface area contributed by atoms with E-state index in [9.17, 15) is 45.5 Å². The van der Waals surface area contributed by atoms with Crippen molar-refractivity contribution < 1.29 is 60.4 Å². The Morgan fingerprint density at radius 3 is 1.78 bits per heavy atom. The molecule has 0 saturated heterocycles. The summed E-state index contributed by atoms with van der Waals surface area (Å²) in [5.41, 5.74) is 9.81. The molecule has 0 spiro atoms. The number of benzene rings is 4. The molecule has 5 aromatic rings.